The molecule has 0 aliphatic carbocycles. The summed E-state index contributed by atoms with van der Waals surface area (Å²) in [7, 11) is 3.24. The average molecular weight is 213 g/mol. The summed E-state index contributed by atoms with van der Waals surface area (Å²) < 4.78 is 0. The molecule has 2 N–H and O–H groups in total. The first kappa shape index (κ1) is 12.0. The van der Waals surface area contributed by atoms with Crippen molar-refractivity contribution in [2.45, 2.75) is 19.4 Å². The van der Waals surface area contributed by atoms with E-state index in [4.69, 9.17) is 0 Å². The normalized spacial score (nSPS) is 25.0. The standard InChI is InChI=1S/C10H19N3O2/c1-7-8(4-5-12-7)10(15)13(3)6-9(14)11-2/h7-8,12H,4-6H2,1-3H3,(H,11,14). The quantitative estimate of drug-likeness (QED) is 0.644. The van der Waals surface area contributed by atoms with Gasteiger partial charge in [-0.15, -0.1) is 0 Å². The molecule has 1 fully saturated rings. The number of nitrogens with one attached hydrogen (secondary N) is 2. The zero-order valence-electron chi connectivity index (χ0n) is 9.54. The maximum Gasteiger partial charge on any atom is 0.239 e. The van der Waals surface area contributed by atoms with E-state index in [1.54, 1.807) is 14.1 Å². The van der Waals surface area contributed by atoms with Crippen molar-refractivity contribution in [2.75, 3.05) is 27.2 Å². The fourth-order valence-electron chi connectivity index (χ4n) is 1.85. The topological polar surface area (TPSA) is 61.4 Å². The van der Waals surface area contributed by atoms with Crippen molar-refractivity contribution in [2.24, 2.45) is 5.92 Å². The predicted octanol–water partition coefficient (Wildman–Crippen LogP) is -0.811. The fourth-order valence-corrected chi connectivity index (χ4v) is 1.85. The number of hydrogen-bond acceptors (Lipinski definition) is 3. The largest absolute Gasteiger partial charge is 0.358 e. The molecule has 0 spiro atoms. The molecule has 0 aromatic heterocycles. The van der Waals surface area contributed by atoms with Crippen LogP contribution < -0.4 is 10.6 Å². The summed E-state index contributed by atoms with van der Waals surface area (Å²) in [6.45, 7) is 3.02. The van der Waals surface area contributed by atoms with Crippen molar-refractivity contribution >= 4 is 11.8 Å². The summed E-state index contributed by atoms with van der Waals surface area (Å²) in [5.74, 6) is -0.0692. The molecule has 0 bridgehead atoms. The van der Waals surface area contributed by atoms with Crippen molar-refractivity contribution in [3.63, 3.8) is 0 Å². The lowest BCUT2D eigenvalue weighted by Gasteiger charge is -2.22. The number of rotatable bonds is 3. The van der Waals surface area contributed by atoms with E-state index in [1.807, 2.05) is 6.92 Å². The minimum atomic E-state index is -0.135. The highest BCUT2D eigenvalue weighted by Gasteiger charge is 2.31. The van der Waals surface area contributed by atoms with Crippen LogP contribution in [0.15, 0.2) is 0 Å². The third kappa shape index (κ3) is 2.92. The van der Waals surface area contributed by atoms with Crippen molar-refractivity contribution < 1.29 is 9.59 Å². The Balaban J connectivity index is 2.48. The van der Waals surface area contributed by atoms with Gasteiger partial charge in [-0.1, -0.05) is 0 Å². The molecule has 2 atom stereocenters. The molecule has 1 aliphatic heterocycles. The van der Waals surface area contributed by atoms with E-state index in [0.29, 0.717) is 0 Å². The zero-order chi connectivity index (χ0) is 11.4. The van der Waals surface area contributed by atoms with Gasteiger partial charge in [0.15, 0.2) is 0 Å². The predicted molar refractivity (Wildman–Crippen MR) is 57.3 cm³/mol. The summed E-state index contributed by atoms with van der Waals surface area (Å²) in [4.78, 5) is 24.5. The second-order valence-corrected chi connectivity index (χ2v) is 4.01. The van der Waals surface area contributed by atoms with Crippen LogP contribution in [-0.2, 0) is 9.59 Å². The smallest absolute Gasteiger partial charge is 0.239 e. The number of nitrogens with zero attached hydrogens (tertiary/aromatic N) is 1. The lowest BCUT2D eigenvalue weighted by Crippen LogP contribution is -2.42. The van der Waals surface area contributed by atoms with Crippen molar-refractivity contribution in [1.29, 1.82) is 0 Å². The minimum absolute atomic E-state index is 0.0136. The summed E-state index contributed by atoms with van der Waals surface area (Å²) in [6, 6.07) is 0.213. The number of amides is 2. The fraction of sp³-hybridized carbons (Fsp3) is 0.800. The minimum Gasteiger partial charge on any atom is -0.358 e. The molecule has 1 aliphatic rings. The van der Waals surface area contributed by atoms with Gasteiger partial charge in [0.25, 0.3) is 0 Å². The molecule has 0 radical (unpaired) electrons. The Morgan fingerprint density at radius 2 is 2.20 bits per heavy atom. The summed E-state index contributed by atoms with van der Waals surface area (Å²) in [6.07, 6.45) is 0.859. The lowest BCUT2D eigenvalue weighted by molar-refractivity contribution is -0.138. The van der Waals surface area contributed by atoms with E-state index in [1.165, 1.54) is 4.90 Å². The number of carbonyl (C=O) groups is 2. The summed E-state index contributed by atoms with van der Waals surface area (Å²) in [5, 5.41) is 5.73. The van der Waals surface area contributed by atoms with Crippen LogP contribution in [0.2, 0.25) is 0 Å². The number of hydrogen-bond donors (Lipinski definition) is 2. The molecular formula is C10H19N3O2. The molecule has 1 rings (SSSR count). The van der Waals surface area contributed by atoms with E-state index in [-0.39, 0.29) is 30.3 Å². The van der Waals surface area contributed by atoms with Crippen LogP contribution in [0.1, 0.15) is 13.3 Å². The Kier molecular flexibility index (Phi) is 4.08. The Labute approximate surface area is 90.2 Å². The second kappa shape index (κ2) is 5.11. The maximum absolute atomic E-state index is 11.9. The van der Waals surface area contributed by atoms with Crippen LogP contribution >= 0.6 is 0 Å². The van der Waals surface area contributed by atoms with Crippen molar-refractivity contribution in [3.8, 4) is 0 Å². The average Bonchev–Trinajstić information content (AvgIpc) is 2.63. The van der Waals surface area contributed by atoms with E-state index in [9.17, 15) is 9.59 Å². The van der Waals surface area contributed by atoms with Crippen molar-refractivity contribution in [1.82, 2.24) is 15.5 Å². The second-order valence-electron chi connectivity index (χ2n) is 4.01. The molecule has 2 amide bonds. The van der Waals surface area contributed by atoms with E-state index >= 15 is 0 Å². The third-order valence-corrected chi connectivity index (χ3v) is 2.88. The van der Waals surface area contributed by atoms with Gasteiger partial charge in [-0.2, -0.15) is 0 Å². The molecule has 15 heavy (non-hydrogen) atoms. The van der Waals surface area contributed by atoms with Crippen LogP contribution in [0.25, 0.3) is 0 Å². The maximum atomic E-state index is 11.9. The van der Waals surface area contributed by atoms with Gasteiger partial charge in [-0.3, -0.25) is 9.59 Å². The van der Waals surface area contributed by atoms with Crippen molar-refractivity contribution in [3.05, 3.63) is 0 Å². The molecule has 1 saturated heterocycles. The monoisotopic (exact) mass is 213 g/mol. The molecule has 0 aromatic carbocycles. The highest BCUT2D eigenvalue weighted by atomic mass is 16.2. The van der Waals surface area contributed by atoms with Crippen LogP contribution in [0, 0.1) is 5.92 Å². The lowest BCUT2D eigenvalue weighted by atomic mass is 10.0. The number of likely N-dealkylation sites (N-methyl/N-ethyl adjacent to an activating group) is 2. The van der Waals surface area contributed by atoms with Gasteiger partial charge < -0.3 is 15.5 Å². The summed E-state index contributed by atoms with van der Waals surface area (Å²) in [5.41, 5.74) is 0. The highest BCUT2D eigenvalue weighted by Crippen LogP contribution is 2.17. The molecule has 0 aromatic rings. The molecule has 2 unspecified atom stereocenters. The van der Waals surface area contributed by atoms with E-state index in [2.05, 4.69) is 10.6 Å². The molecule has 86 valence electrons. The molecule has 0 saturated carbocycles. The Morgan fingerprint density at radius 3 is 2.67 bits per heavy atom. The SMILES string of the molecule is CNC(=O)CN(C)C(=O)C1CCNC1C. The highest BCUT2D eigenvalue weighted by molar-refractivity contribution is 5.86. The summed E-state index contributed by atoms with van der Waals surface area (Å²) >= 11 is 0. The van der Waals surface area contributed by atoms with Gasteiger partial charge in [0, 0.05) is 20.1 Å². The van der Waals surface area contributed by atoms with E-state index in [0.717, 1.165) is 13.0 Å². The van der Waals surface area contributed by atoms with Crippen LogP contribution in [0.4, 0.5) is 0 Å². The van der Waals surface area contributed by atoms with Crippen LogP contribution in [0.3, 0.4) is 0 Å². The molecule has 5 heteroatoms. The third-order valence-electron chi connectivity index (χ3n) is 2.88. The Morgan fingerprint density at radius 1 is 1.53 bits per heavy atom. The molecule has 5 nitrogen and oxygen atoms in total. The van der Waals surface area contributed by atoms with Gasteiger partial charge in [0.2, 0.25) is 11.8 Å². The first-order valence-electron chi connectivity index (χ1n) is 5.25. The van der Waals surface area contributed by atoms with Gasteiger partial charge in [-0.05, 0) is 19.9 Å². The van der Waals surface area contributed by atoms with Gasteiger partial charge in [0.05, 0.1) is 12.5 Å². The van der Waals surface area contributed by atoms with Crippen LogP contribution in [-0.4, -0.2) is 49.9 Å². The van der Waals surface area contributed by atoms with Crippen LogP contribution in [0.5, 0.6) is 0 Å². The first-order valence-corrected chi connectivity index (χ1v) is 5.25. The Bertz CT molecular complexity index is 255. The van der Waals surface area contributed by atoms with Gasteiger partial charge in [-0.25, -0.2) is 0 Å². The molecular weight excluding hydrogens is 194 g/mol. The van der Waals surface area contributed by atoms with Gasteiger partial charge in [0.1, 0.15) is 0 Å². The van der Waals surface area contributed by atoms with E-state index < -0.39 is 0 Å². The molecule has 1 heterocycles. The van der Waals surface area contributed by atoms with Gasteiger partial charge >= 0.3 is 0 Å². The first-order chi connectivity index (χ1) is 7.06. The zero-order valence-corrected chi connectivity index (χ0v) is 9.54. The number of carbonyl (C=O) groups excluding carboxylic acids is 2. The Hall–Kier alpha value is -1.10.